The maximum absolute atomic E-state index is 11.8. The molecule has 4 heteroatoms. The molecule has 0 aliphatic rings. The minimum Gasteiger partial charge on any atom is -0.291 e. The number of carbonyl (C=O) groups is 1. The van der Waals surface area contributed by atoms with Crippen LogP contribution in [0.4, 0.5) is 0 Å². The Morgan fingerprint density at radius 1 is 1.24 bits per heavy atom. The molecule has 2 heterocycles. The van der Waals surface area contributed by atoms with Crippen molar-refractivity contribution < 1.29 is 4.79 Å². The number of ketones is 1. The highest BCUT2D eigenvalue weighted by atomic mass is 32.2. The summed E-state index contributed by atoms with van der Waals surface area (Å²) in [5, 5.41) is 0. The van der Waals surface area contributed by atoms with Gasteiger partial charge in [0.15, 0.2) is 5.78 Å². The predicted octanol–water partition coefficient (Wildman–Crippen LogP) is 2.76. The van der Waals surface area contributed by atoms with E-state index in [0.717, 1.165) is 10.5 Å². The number of aryl methyl sites for hydroxylation is 1. The number of rotatable bonds is 4. The van der Waals surface area contributed by atoms with Crippen molar-refractivity contribution in [2.75, 3.05) is 5.75 Å². The highest BCUT2D eigenvalue weighted by molar-refractivity contribution is 8.00. The van der Waals surface area contributed by atoms with E-state index in [9.17, 15) is 4.79 Å². The molecule has 0 fully saturated rings. The number of thioether (sulfide) groups is 1. The summed E-state index contributed by atoms with van der Waals surface area (Å²) >= 11 is 1.50. The fraction of sp³-hybridized carbons (Fsp3) is 0.154. The number of pyridine rings is 2. The fourth-order valence-corrected chi connectivity index (χ4v) is 2.05. The van der Waals surface area contributed by atoms with Crippen molar-refractivity contribution in [2.24, 2.45) is 0 Å². The van der Waals surface area contributed by atoms with Gasteiger partial charge in [-0.25, -0.2) is 0 Å². The first-order valence-electron chi connectivity index (χ1n) is 5.24. The molecule has 2 rings (SSSR count). The smallest absolute Gasteiger partial charge is 0.191 e. The van der Waals surface area contributed by atoms with Crippen molar-refractivity contribution in [3.05, 3.63) is 54.1 Å². The summed E-state index contributed by atoms with van der Waals surface area (Å²) in [4.78, 5) is 20.9. The molecule has 2 aromatic heterocycles. The molecule has 0 aliphatic carbocycles. The van der Waals surface area contributed by atoms with Crippen LogP contribution in [-0.2, 0) is 0 Å². The molecule has 0 saturated heterocycles. The van der Waals surface area contributed by atoms with Crippen molar-refractivity contribution >= 4 is 17.5 Å². The van der Waals surface area contributed by atoms with Gasteiger partial charge < -0.3 is 0 Å². The van der Waals surface area contributed by atoms with Crippen LogP contribution in [-0.4, -0.2) is 21.5 Å². The van der Waals surface area contributed by atoms with Crippen LogP contribution in [0.15, 0.2) is 47.8 Å². The van der Waals surface area contributed by atoms with Gasteiger partial charge in [-0.1, -0.05) is 6.07 Å². The molecule has 2 aromatic rings. The van der Waals surface area contributed by atoms with Crippen LogP contribution in [0.25, 0.3) is 0 Å². The molecular weight excluding hydrogens is 232 g/mol. The Bertz CT molecular complexity index is 497. The largest absolute Gasteiger partial charge is 0.291 e. The van der Waals surface area contributed by atoms with Gasteiger partial charge in [-0.05, 0) is 30.7 Å². The molecule has 17 heavy (non-hydrogen) atoms. The molecule has 0 spiro atoms. The van der Waals surface area contributed by atoms with Crippen molar-refractivity contribution in [3.63, 3.8) is 0 Å². The van der Waals surface area contributed by atoms with Crippen LogP contribution in [0, 0.1) is 6.92 Å². The van der Waals surface area contributed by atoms with Crippen molar-refractivity contribution in [3.8, 4) is 0 Å². The quantitative estimate of drug-likeness (QED) is 0.612. The molecule has 0 saturated carbocycles. The van der Waals surface area contributed by atoms with Gasteiger partial charge in [0.25, 0.3) is 0 Å². The maximum Gasteiger partial charge on any atom is 0.191 e. The molecule has 3 nitrogen and oxygen atoms in total. The van der Waals surface area contributed by atoms with Gasteiger partial charge in [0, 0.05) is 23.5 Å². The second-order valence-corrected chi connectivity index (χ2v) is 4.66. The molecule has 0 aliphatic heterocycles. The molecular formula is C13H12N2OS. The number of nitrogens with zero attached hydrogens (tertiary/aromatic N) is 2. The molecule has 0 amide bonds. The van der Waals surface area contributed by atoms with Crippen molar-refractivity contribution in [1.29, 1.82) is 0 Å². The van der Waals surface area contributed by atoms with Crippen LogP contribution >= 0.6 is 11.8 Å². The number of hydrogen-bond donors (Lipinski definition) is 0. The topological polar surface area (TPSA) is 42.9 Å². The van der Waals surface area contributed by atoms with E-state index >= 15 is 0 Å². The van der Waals surface area contributed by atoms with E-state index < -0.39 is 0 Å². The highest BCUT2D eigenvalue weighted by Gasteiger charge is 2.07. The SMILES string of the molecule is Cc1ccc(C(=O)CSc2ccncc2)nc1. The number of carbonyl (C=O) groups excluding carboxylic acids is 1. The number of Topliss-reactive ketones (excluding diaryl/α,β-unsaturated/α-hetero) is 1. The van der Waals surface area contributed by atoms with Gasteiger partial charge in [-0.2, -0.15) is 0 Å². The van der Waals surface area contributed by atoms with Crippen LogP contribution < -0.4 is 0 Å². The van der Waals surface area contributed by atoms with E-state index in [1.165, 1.54) is 11.8 Å². The van der Waals surface area contributed by atoms with E-state index in [1.807, 2.05) is 25.1 Å². The normalized spacial score (nSPS) is 10.2. The summed E-state index contributed by atoms with van der Waals surface area (Å²) in [7, 11) is 0. The molecule has 0 unspecified atom stereocenters. The summed E-state index contributed by atoms with van der Waals surface area (Å²) in [5.74, 6) is 0.451. The average Bonchev–Trinajstić information content (AvgIpc) is 2.38. The monoisotopic (exact) mass is 244 g/mol. The molecule has 0 bridgehead atoms. The van der Waals surface area contributed by atoms with Gasteiger partial charge in [0.2, 0.25) is 0 Å². The minimum absolute atomic E-state index is 0.0480. The second kappa shape index (κ2) is 5.59. The third-order valence-corrected chi connectivity index (χ3v) is 3.23. The Balaban J connectivity index is 1.96. The Labute approximate surface area is 104 Å². The van der Waals surface area contributed by atoms with Crippen LogP contribution in [0.2, 0.25) is 0 Å². The zero-order valence-electron chi connectivity index (χ0n) is 9.46. The molecule has 0 N–H and O–H groups in total. The zero-order chi connectivity index (χ0) is 12.1. The number of hydrogen-bond acceptors (Lipinski definition) is 4. The van der Waals surface area contributed by atoms with E-state index in [4.69, 9.17) is 0 Å². The Morgan fingerprint density at radius 3 is 2.65 bits per heavy atom. The zero-order valence-corrected chi connectivity index (χ0v) is 10.3. The lowest BCUT2D eigenvalue weighted by molar-refractivity contribution is 0.101. The van der Waals surface area contributed by atoms with E-state index in [0.29, 0.717) is 11.4 Å². The lowest BCUT2D eigenvalue weighted by Crippen LogP contribution is -2.04. The fourth-order valence-electron chi connectivity index (χ4n) is 1.29. The number of aromatic nitrogens is 2. The Kier molecular flexibility index (Phi) is 3.88. The van der Waals surface area contributed by atoms with Gasteiger partial charge in [-0.15, -0.1) is 11.8 Å². The van der Waals surface area contributed by atoms with Gasteiger partial charge in [0.05, 0.1) is 5.75 Å². The summed E-state index contributed by atoms with van der Waals surface area (Å²) in [5.41, 5.74) is 1.58. The third-order valence-electron chi connectivity index (χ3n) is 2.22. The van der Waals surface area contributed by atoms with E-state index in [2.05, 4.69) is 9.97 Å². The van der Waals surface area contributed by atoms with Crippen molar-refractivity contribution in [2.45, 2.75) is 11.8 Å². The summed E-state index contributed by atoms with van der Waals surface area (Å²) in [6.07, 6.45) is 5.15. The first-order valence-corrected chi connectivity index (χ1v) is 6.23. The van der Waals surface area contributed by atoms with E-state index in [-0.39, 0.29) is 5.78 Å². The lowest BCUT2D eigenvalue weighted by atomic mass is 10.2. The summed E-state index contributed by atoms with van der Waals surface area (Å²) in [6.45, 7) is 1.95. The average molecular weight is 244 g/mol. The first-order chi connectivity index (χ1) is 8.25. The van der Waals surface area contributed by atoms with Crippen molar-refractivity contribution in [1.82, 2.24) is 9.97 Å². The standard InChI is InChI=1S/C13H12N2OS/c1-10-2-3-12(15-8-10)13(16)9-17-11-4-6-14-7-5-11/h2-8H,9H2,1H3. The van der Waals surface area contributed by atoms with Crippen LogP contribution in [0.3, 0.4) is 0 Å². The maximum atomic E-state index is 11.8. The van der Waals surface area contributed by atoms with Gasteiger partial charge in [-0.3, -0.25) is 14.8 Å². The summed E-state index contributed by atoms with van der Waals surface area (Å²) in [6, 6.07) is 7.45. The minimum atomic E-state index is 0.0480. The third kappa shape index (κ3) is 3.39. The Morgan fingerprint density at radius 2 is 2.00 bits per heavy atom. The Hall–Kier alpha value is -1.68. The van der Waals surface area contributed by atoms with Gasteiger partial charge >= 0.3 is 0 Å². The molecule has 0 atom stereocenters. The van der Waals surface area contributed by atoms with Crippen LogP contribution in [0.5, 0.6) is 0 Å². The molecule has 0 aromatic carbocycles. The second-order valence-electron chi connectivity index (χ2n) is 3.62. The highest BCUT2D eigenvalue weighted by Crippen LogP contribution is 2.17. The van der Waals surface area contributed by atoms with Gasteiger partial charge in [0.1, 0.15) is 5.69 Å². The lowest BCUT2D eigenvalue weighted by Gasteiger charge is -2.01. The van der Waals surface area contributed by atoms with Crippen LogP contribution in [0.1, 0.15) is 16.1 Å². The summed E-state index contributed by atoms with van der Waals surface area (Å²) < 4.78 is 0. The van der Waals surface area contributed by atoms with E-state index in [1.54, 1.807) is 24.7 Å². The molecule has 0 radical (unpaired) electrons. The predicted molar refractivity (Wildman–Crippen MR) is 68.3 cm³/mol. The molecule has 86 valence electrons. The first kappa shape index (κ1) is 11.8.